The van der Waals surface area contributed by atoms with Crippen LogP contribution in [0.1, 0.15) is 42.1 Å². The summed E-state index contributed by atoms with van der Waals surface area (Å²) in [7, 11) is 0. The molecular weight excluding hydrogens is 280 g/mol. The molecule has 0 amide bonds. The smallest absolute Gasteiger partial charge is 0.122 e. The van der Waals surface area contributed by atoms with Gasteiger partial charge in [-0.15, -0.1) is 11.3 Å². The van der Waals surface area contributed by atoms with Crippen LogP contribution in [-0.2, 0) is 13.0 Å². The molecule has 1 aromatic heterocycles. The van der Waals surface area contributed by atoms with E-state index < -0.39 is 0 Å². The van der Waals surface area contributed by atoms with Crippen molar-refractivity contribution in [2.45, 2.75) is 45.2 Å². The van der Waals surface area contributed by atoms with E-state index in [1.807, 2.05) is 18.3 Å². The maximum absolute atomic E-state index is 5.87. The zero-order valence-corrected chi connectivity index (χ0v) is 13.7. The number of fused-ring (bicyclic) bond motifs is 1. The molecule has 0 spiro atoms. The van der Waals surface area contributed by atoms with Crippen molar-refractivity contribution in [3.63, 3.8) is 0 Å². The molecule has 1 aliphatic heterocycles. The molecule has 1 N–H and O–H groups in total. The van der Waals surface area contributed by atoms with E-state index in [1.165, 1.54) is 15.4 Å². The molecule has 1 aromatic carbocycles. The summed E-state index contributed by atoms with van der Waals surface area (Å²) in [5.74, 6) is 1.41. The average molecular weight is 302 g/mol. The normalized spacial score (nSPS) is 18.1. The number of hydrogen-bond acceptors (Lipinski definition) is 4. The molecule has 1 atom stereocenters. The molecule has 2 aromatic rings. The maximum atomic E-state index is 5.87. The highest BCUT2D eigenvalue weighted by molar-refractivity contribution is 7.11. The van der Waals surface area contributed by atoms with Crippen LogP contribution in [0.2, 0.25) is 0 Å². The van der Waals surface area contributed by atoms with E-state index in [2.05, 4.69) is 43.2 Å². The van der Waals surface area contributed by atoms with E-state index in [9.17, 15) is 0 Å². The van der Waals surface area contributed by atoms with Gasteiger partial charge in [-0.25, -0.2) is 4.98 Å². The molecule has 2 heterocycles. The van der Waals surface area contributed by atoms with Gasteiger partial charge in [-0.2, -0.15) is 0 Å². The number of para-hydroxylation sites is 1. The molecule has 0 radical (unpaired) electrons. The fraction of sp³-hybridized carbons (Fsp3) is 0.471. The van der Waals surface area contributed by atoms with Gasteiger partial charge >= 0.3 is 0 Å². The van der Waals surface area contributed by atoms with E-state index in [1.54, 1.807) is 11.3 Å². The SMILES string of the molecule is CC(C)(C)NCc1cnc(C2COc3ccccc3C2)s1. The largest absolute Gasteiger partial charge is 0.493 e. The third-order valence-corrected chi connectivity index (χ3v) is 4.75. The first-order valence-corrected chi connectivity index (χ1v) is 8.23. The minimum Gasteiger partial charge on any atom is -0.493 e. The summed E-state index contributed by atoms with van der Waals surface area (Å²) in [6.07, 6.45) is 3.02. The van der Waals surface area contributed by atoms with E-state index >= 15 is 0 Å². The summed E-state index contributed by atoms with van der Waals surface area (Å²) in [5, 5.41) is 4.70. The highest BCUT2D eigenvalue weighted by atomic mass is 32.1. The molecule has 21 heavy (non-hydrogen) atoms. The number of nitrogens with one attached hydrogen (secondary N) is 1. The lowest BCUT2D eigenvalue weighted by molar-refractivity contribution is 0.262. The van der Waals surface area contributed by atoms with Gasteiger partial charge in [0.2, 0.25) is 0 Å². The lowest BCUT2D eigenvalue weighted by Gasteiger charge is -2.23. The average Bonchev–Trinajstić information content (AvgIpc) is 2.93. The highest BCUT2D eigenvalue weighted by Crippen LogP contribution is 2.33. The van der Waals surface area contributed by atoms with Crippen LogP contribution in [0, 0.1) is 0 Å². The van der Waals surface area contributed by atoms with Crippen molar-refractivity contribution in [2.75, 3.05) is 6.61 Å². The molecule has 0 fully saturated rings. The minimum atomic E-state index is 0.136. The maximum Gasteiger partial charge on any atom is 0.122 e. The highest BCUT2D eigenvalue weighted by Gasteiger charge is 2.23. The number of aromatic nitrogens is 1. The number of nitrogens with zero attached hydrogens (tertiary/aromatic N) is 1. The Kier molecular flexibility index (Phi) is 4.00. The van der Waals surface area contributed by atoms with Crippen LogP contribution in [0.25, 0.3) is 0 Å². The van der Waals surface area contributed by atoms with Crippen LogP contribution in [0.3, 0.4) is 0 Å². The van der Waals surface area contributed by atoms with Crippen molar-refractivity contribution in [3.05, 3.63) is 45.9 Å². The molecule has 0 bridgehead atoms. The second-order valence-electron chi connectivity index (χ2n) is 6.59. The van der Waals surface area contributed by atoms with Gasteiger partial charge in [0.05, 0.1) is 11.6 Å². The van der Waals surface area contributed by atoms with E-state index in [0.29, 0.717) is 5.92 Å². The Balaban J connectivity index is 1.67. The summed E-state index contributed by atoms with van der Waals surface area (Å²) in [6, 6.07) is 8.30. The lowest BCUT2D eigenvalue weighted by Crippen LogP contribution is -2.34. The van der Waals surface area contributed by atoms with Gasteiger partial charge in [0.25, 0.3) is 0 Å². The van der Waals surface area contributed by atoms with Crippen LogP contribution in [0.4, 0.5) is 0 Å². The standard InChI is InChI=1S/C17H22N2OS/c1-17(2,3)19-10-14-9-18-16(21-14)13-8-12-6-4-5-7-15(12)20-11-13/h4-7,9,13,19H,8,10-11H2,1-3H3. The van der Waals surface area contributed by atoms with Crippen LogP contribution < -0.4 is 10.1 Å². The fourth-order valence-corrected chi connectivity index (χ4v) is 3.37. The van der Waals surface area contributed by atoms with Crippen molar-refractivity contribution < 1.29 is 4.74 Å². The molecule has 1 unspecified atom stereocenters. The summed E-state index contributed by atoms with van der Waals surface area (Å²) in [4.78, 5) is 5.90. The first kappa shape index (κ1) is 14.5. The first-order chi connectivity index (χ1) is 10.0. The first-order valence-electron chi connectivity index (χ1n) is 7.41. The minimum absolute atomic E-state index is 0.136. The molecule has 1 aliphatic rings. The molecule has 4 heteroatoms. The number of rotatable bonds is 3. The van der Waals surface area contributed by atoms with Crippen LogP contribution >= 0.6 is 11.3 Å². The van der Waals surface area contributed by atoms with Crippen LogP contribution in [0.15, 0.2) is 30.5 Å². The van der Waals surface area contributed by atoms with Gasteiger partial charge in [0.1, 0.15) is 5.75 Å². The number of thiazole rings is 1. The number of ether oxygens (including phenoxy) is 1. The van der Waals surface area contributed by atoms with E-state index in [-0.39, 0.29) is 5.54 Å². The Morgan fingerprint density at radius 3 is 2.95 bits per heavy atom. The van der Waals surface area contributed by atoms with Gasteiger partial charge in [-0.1, -0.05) is 18.2 Å². The summed E-state index contributed by atoms with van der Waals surface area (Å²) >= 11 is 1.80. The Morgan fingerprint density at radius 1 is 1.33 bits per heavy atom. The third kappa shape index (κ3) is 3.63. The number of benzene rings is 1. The quantitative estimate of drug-likeness (QED) is 0.937. The molecule has 0 aliphatic carbocycles. The molecular formula is C17H22N2OS. The zero-order chi connectivity index (χ0) is 14.9. The summed E-state index contributed by atoms with van der Waals surface area (Å²) < 4.78 is 5.87. The van der Waals surface area contributed by atoms with Gasteiger partial charge < -0.3 is 10.1 Å². The molecule has 0 saturated heterocycles. The summed E-state index contributed by atoms with van der Waals surface area (Å²) in [5.41, 5.74) is 1.43. The number of hydrogen-bond donors (Lipinski definition) is 1. The second kappa shape index (κ2) is 5.78. The van der Waals surface area contributed by atoms with Crippen molar-refractivity contribution in [1.82, 2.24) is 10.3 Å². The fourth-order valence-electron chi connectivity index (χ4n) is 2.43. The van der Waals surface area contributed by atoms with E-state index in [4.69, 9.17) is 4.74 Å². The van der Waals surface area contributed by atoms with Crippen molar-refractivity contribution in [3.8, 4) is 5.75 Å². The van der Waals surface area contributed by atoms with Gasteiger partial charge in [-0.05, 0) is 38.8 Å². The van der Waals surface area contributed by atoms with Crippen LogP contribution in [0.5, 0.6) is 5.75 Å². The van der Waals surface area contributed by atoms with Crippen molar-refractivity contribution in [1.29, 1.82) is 0 Å². The third-order valence-electron chi connectivity index (χ3n) is 3.59. The van der Waals surface area contributed by atoms with Gasteiger partial charge in [0, 0.05) is 29.1 Å². The van der Waals surface area contributed by atoms with Crippen LogP contribution in [-0.4, -0.2) is 17.1 Å². The molecule has 3 nitrogen and oxygen atoms in total. The van der Waals surface area contributed by atoms with Gasteiger partial charge in [0.15, 0.2) is 0 Å². The van der Waals surface area contributed by atoms with E-state index in [0.717, 1.165) is 25.3 Å². The zero-order valence-electron chi connectivity index (χ0n) is 12.8. The second-order valence-corrected chi connectivity index (χ2v) is 7.73. The Morgan fingerprint density at radius 2 is 2.14 bits per heavy atom. The van der Waals surface area contributed by atoms with Crippen molar-refractivity contribution >= 4 is 11.3 Å². The predicted molar refractivity (Wildman–Crippen MR) is 87.1 cm³/mol. The molecule has 112 valence electrons. The lowest BCUT2D eigenvalue weighted by atomic mass is 9.97. The Labute approximate surface area is 130 Å². The topological polar surface area (TPSA) is 34.2 Å². The van der Waals surface area contributed by atoms with Crippen molar-refractivity contribution in [2.24, 2.45) is 0 Å². The molecule has 3 rings (SSSR count). The monoisotopic (exact) mass is 302 g/mol. The summed E-state index contributed by atoms with van der Waals surface area (Å²) in [6.45, 7) is 8.16. The predicted octanol–water partition coefficient (Wildman–Crippen LogP) is 3.75. The van der Waals surface area contributed by atoms with Gasteiger partial charge in [-0.3, -0.25) is 0 Å². The molecule has 0 saturated carbocycles. The Bertz CT molecular complexity index is 615. The Hall–Kier alpha value is -1.39.